The first-order valence-corrected chi connectivity index (χ1v) is 9.10. The van der Waals surface area contributed by atoms with Gasteiger partial charge in [0.2, 0.25) is 5.16 Å². The summed E-state index contributed by atoms with van der Waals surface area (Å²) in [6.07, 6.45) is 1.53. The molecule has 3 aromatic rings. The van der Waals surface area contributed by atoms with Gasteiger partial charge in [0.25, 0.3) is 5.95 Å². The summed E-state index contributed by atoms with van der Waals surface area (Å²) in [5.41, 5.74) is 5.84. The Bertz CT molecular complexity index is 940. The molecular weight excluding hydrogens is 364 g/mol. The zero-order chi connectivity index (χ0) is 19.2. The molecule has 1 aromatic heterocycles. The fourth-order valence-electron chi connectivity index (χ4n) is 2.24. The topological polar surface area (TPSA) is 111 Å². The van der Waals surface area contributed by atoms with Gasteiger partial charge in [0, 0.05) is 5.75 Å². The van der Waals surface area contributed by atoms with Crippen molar-refractivity contribution in [3.63, 3.8) is 0 Å². The van der Waals surface area contributed by atoms with E-state index < -0.39 is 0 Å². The van der Waals surface area contributed by atoms with E-state index in [9.17, 15) is 5.11 Å². The van der Waals surface area contributed by atoms with Gasteiger partial charge in [-0.05, 0) is 36.2 Å². The largest absolute Gasteiger partial charge is 0.504 e. The number of anilines is 1. The second-order valence-electron chi connectivity index (χ2n) is 5.75. The van der Waals surface area contributed by atoms with Crippen LogP contribution in [-0.2, 0) is 5.75 Å². The van der Waals surface area contributed by atoms with Crippen LogP contribution in [-0.4, -0.2) is 33.3 Å². The van der Waals surface area contributed by atoms with Gasteiger partial charge in [0.15, 0.2) is 11.5 Å². The number of methoxy groups -OCH3 is 1. The molecule has 0 aliphatic carbocycles. The van der Waals surface area contributed by atoms with Gasteiger partial charge in [0.1, 0.15) is 0 Å². The number of nitrogens with two attached hydrogens (primary N) is 1. The number of nitrogens with zero attached hydrogens (tertiary/aromatic N) is 4. The molecule has 2 aromatic carbocycles. The van der Waals surface area contributed by atoms with Gasteiger partial charge in [0.05, 0.1) is 13.3 Å². The van der Waals surface area contributed by atoms with E-state index in [0.717, 1.165) is 5.75 Å². The Morgan fingerprint density at radius 1 is 1.26 bits per heavy atom. The SMILES string of the molecule is COc1ccc(/C=N/Nc2nnc(SCc3ccc(C)cc3)n2N)cc1O. The second-order valence-corrected chi connectivity index (χ2v) is 6.69. The number of rotatable bonds is 7. The van der Waals surface area contributed by atoms with Gasteiger partial charge in [-0.2, -0.15) is 5.10 Å². The molecule has 0 spiro atoms. The fraction of sp³-hybridized carbons (Fsp3) is 0.167. The Balaban J connectivity index is 1.59. The molecule has 3 rings (SSSR count). The highest BCUT2D eigenvalue weighted by Crippen LogP contribution is 2.25. The Morgan fingerprint density at radius 2 is 2.04 bits per heavy atom. The average molecular weight is 384 g/mol. The van der Waals surface area contributed by atoms with Crippen LogP contribution in [0.2, 0.25) is 0 Å². The third kappa shape index (κ3) is 4.70. The highest BCUT2D eigenvalue weighted by atomic mass is 32.2. The number of phenolic OH excluding ortho intramolecular Hbond substituents is 1. The van der Waals surface area contributed by atoms with Gasteiger partial charge in [-0.25, -0.2) is 10.1 Å². The molecule has 0 unspecified atom stereocenters. The third-order valence-electron chi connectivity index (χ3n) is 3.73. The summed E-state index contributed by atoms with van der Waals surface area (Å²) >= 11 is 1.49. The summed E-state index contributed by atoms with van der Waals surface area (Å²) in [4.78, 5) is 0. The summed E-state index contributed by atoms with van der Waals surface area (Å²) in [6.45, 7) is 2.05. The molecule has 0 saturated heterocycles. The molecule has 0 radical (unpaired) electrons. The molecule has 0 saturated carbocycles. The van der Waals surface area contributed by atoms with Gasteiger partial charge in [-0.15, -0.1) is 10.2 Å². The number of aromatic hydroxyl groups is 1. The molecule has 0 amide bonds. The highest BCUT2D eigenvalue weighted by molar-refractivity contribution is 7.98. The Morgan fingerprint density at radius 3 is 2.74 bits per heavy atom. The molecule has 0 aliphatic rings. The number of phenols is 1. The number of nitrogens with one attached hydrogen (secondary N) is 1. The standard InChI is InChI=1S/C18H20N6O2S/c1-12-3-5-13(6-4-12)11-27-18-23-22-17(24(18)19)21-20-10-14-7-8-16(26-2)15(25)9-14/h3-10,25H,11,19H2,1-2H3,(H,21,22)/b20-10+. The maximum atomic E-state index is 9.77. The fourth-order valence-corrected chi connectivity index (χ4v) is 3.05. The summed E-state index contributed by atoms with van der Waals surface area (Å²) in [7, 11) is 1.49. The zero-order valence-electron chi connectivity index (χ0n) is 15.0. The molecule has 1 heterocycles. The van der Waals surface area contributed by atoms with Crippen LogP contribution in [0.1, 0.15) is 16.7 Å². The molecule has 27 heavy (non-hydrogen) atoms. The Labute approximate surface area is 161 Å². The summed E-state index contributed by atoms with van der Waals surface area (Å²) in [5.74, 6) is 7.51. The van der Waals surface area contributed by atoms with Crippen LogP contribution in [0, 0.1) is 6.92 Å². The first-order valence-electron chi connectivity index (χ1n) is 8.11. The Hall–Kier alpha value is -3.20. The molecular formula is C18H20N6O2S. The summed E-state index contributed by atoms with van der Waals surface area (Å²) < 4.78 is 6.35. The number of aryl methyl sites for hydroxylation is 1. The summed E-state index contributed by atoms with van der Waals surface area (Å²) in [5, 5.41) is 22.5. The van der Waals surface area contributed by atoms with Crippen LogP contribution in [0.25, 0.3) is 0 Å². The first kappa shape index (κ1) is 18.6. The van der Waals surface area contributed by atoms with E-state index in [1.807, 2.05) is 0 Å². The van der Waals surface area contributed by atoms with Crippen molar-refractivity contribution in [1.82, 2.24) is 14.9 Å². The first-order chi connectivity index (χ1) is 13.1. The molecule has 4 N–H and O–H groups in total. The van der Waals surface area contributed by atoms with Gasteiger partial charge >= 0.3 is 0 Å². The van der Waals surface area contributed by atoms with Crippen molar-refractivity contribution in [2.45, 2.75) is 17.8 Å². The lowest BCUT2D eigenvalue weighted by Crippen LogP contribution is -2.13. The van der Waals surface area contributed by atoms with Crippen LogP contribution in [0.4, 0.5) is 5.95 Å². The van der Waals surface area contributed by atoms with Crippen molar-refractivity contribution >= 4 is 23.9 Å². The van der Waals surface area contributed by atoms with Crippen LogP contribution < -0.4 is 16.0 Å². The van der Waals surface area contributed by atoms with Crippen LogP contribution in [0.5, 0.6) is 11.5 Å². The zero-order valence-corrected chi connectivity index (χ0v) is 15.8. The van der Waals surface area contributed by atoms with E-state index in [1.54, 1.807) is 18.2 Å². The minimum Gasteiger partial charge on any atom is -0.504 e. The third-order valence-corrected chi connectivity index (χ3v) is 4.75. The maximum Gasteiger partial charge on any atom is 0.264 e. The van der Waals surface area contributed by atoms with Gasteiger partial charge < -0.3 is 15.7 Å². The summed E-state index contributed by atoms with van der Waals surface area (Å²) in [6, 6.07) is 13.3. The lowest BCUT2D eigenvalue weighted by molar-refractivity contribution is 0.373. The van der Waals surface area contributed by atoms with Crippen LogP contribution in [0.15, 0.2) is 52.7 Å². The van der Waals surface area contributed by atoms with Crippen LogP contribution in [0.3, 0.4) is 0 Å². The molecule has 0 aliphatic heterocycles. The van der Waals surface area contributed by atoms with Crippen molar-refractivity contribution < 1.29 is 9.84 Å². The lowest BCUT2D eigenvalue weighted by atomic mass is 10.2. The number of hydrazone groups is 1. The number of ether oxygens (including phenoxy) is 1. The smallest absolute Gasteiger partial charge is 0.264 e. The monoisotopic (exact) mass is 384 g/mol. The maximum absolute atomic E-state index is 9.77. The number of aromatic nitrogens is 3. The van der Waals surface area contributed by atoms with Crippen molar-refractivity contribution in [3.8, 4) is 11.5 Å². The van der Waals surface area contributed by atoms with E-state index in [4.69, 9.17) is 10.6 Å². The van der Waals surface area contributed by atoms with Crippen molar-refractivity contribution in [2.24, 2.45) is 5.10 Å². The van der Waals surface area contributed by atoms with Gasteiger partial charge in [-0.1, -0.05) is 41.6 Å². The molecule has 8 nitrogen and oxygen atoms in total. The Kier molecular flexibility index (Phi) is 5.82. The molecule has 0 atom stereocenters. The predicted octanol–water partition coefficient (Wildman–Crippen LogP) is 2.75. The lowest BCUT2D eigenvalue weighted by Gasteiger charge is -2.04. The van der Waals surface area contributed by atoms with Gasteiger partial charge in [-0.3, -0.25) is 0 Å². The number of hydrogen-bond donors (Lipinski definition) is 3. The molecule has 9 heteroatoms. The molecule has 0 bridgehead atoms. The van der Waals surface area contributed by atoms with E-state index in [0.29, 0.717) is 22.4 Å². The van der Waals surface area contributed by atoms with E-state index in [1.165, 1.54) is 40.9 Å². The minimum atomic E-state index is 0.0400. The van der Waals surface area contributed by atoms with Crippen molar-refractivity contribution in [1.29, 1.82) is 0 Å². The normalized spacial score (nSPS) is 11.0. The predicted molar refractivity (Wildman–Crippen MR) is 107 cm³/mol. The number of nitrogen functional groups attached to an aromatic ring is 1. The number of thioether (sulfide) groups is 1. The highest BCUT2D eigenvalue weighted by Gasteiger charge is 2.09. The van der Waals surface area contributed by atoms with Crippen molar-refractivity contribution in [2.75, 3.05) is 18.4 Å². The minimum absolute atomic E-state index is 0.0400. The van der Waals surface area contributed by atoms with E-state index in [2.05, 4.69) is 51.9 Å². The van der Waals surface area contributed by atoms with Crippen molar-refractivity contribution in [3.05, 3.63) is 59.2 Å². The number of hydrogen-bond acceptors (Lipinski definition) is 8. The quantitative estimate of drug-likeness (QED) is 0.249. The van der Waals surface area contributed by atoms with Crippen LogP contribution >= 0.6 is 11.8 Å². The molecule has 140 valence electrons. The van der Waals surface area contributed by atoms with E-state index >= 15 is 0 Å². The number of benzene rings is 2. The average Bonchev–Trinajstić information content (AvgIpc) is 3.01. The second kappa shape index (κ2) is 8.45. The van der Waals surface area contributed by atoms with E-state index in [-0.39, 0.29) is 5.75 Å². The molecule has 0 fully saturated rings.